The normalized spacial score (nSPS) is 9.44. The van der Waals surface area contributed by atoms with Crippen LogP contribution in [0, 0.1) is 0 Å². The van der Waals surface area contributed by atoms with E-state index >= 15 is 0 Å². The first kappa shape index (κ1) is 6.35. The second-order valence-corrected chi connectivity index (χ2v) is 1.47. The van der Waals surface area contributed by atoms with Gasteiger partial charge in [0.2, 0.25) is 0 Å². The Balaban J connectivity index is 2.30. The standard InChI is InChI=1S/C4H5BO4/c6-9-8-5-4-1-2-7-3-4/h1-3,5-6H. The summed E-state index contributed by atoms with van der Waals surface area (Å²) in [5.41, 5.74) is 0.809. The Kier molecular flexibility index (Phi) is 2.32. The average molecular weight is 128 g/mol. The van der Waals surface area contributed by atoms with Crippen LogP contribution in [0.2, 0.25) is 0 Å². The molecule has 48 valence electrons. The lowest BCUT2D eigenvalue weighted by Gasteiger charge is -1.88. The van der Waals surface area contributed by atoms with Crippen LogP contribution in [0.25, 0.3) is 0 Å². The van der Waals surface area contributed by atoms with Crippen molar-refractivity contribution in [3.63, 3.8) is 0 Å². The van der Waals surface area contributed by atoms with Crippen LogP contribution in [-0.4, -0.2) is 12.7 Å². The molecule has 1 aromatic rings. The predicted octanol–water partition coefficient (Wildman–Crippen LogP) is -0.322. The number of hydrogen-bond acceptors (Lipinski definition) is 4. The van der Waals surface area contributed by atoms with Gasteiger partial charge in [0.25, 0.3) is 0 Å². The molecule has 0 bridgehead atoms. The van der Waals surface area contributed by atoms with Crippen molar-refractivity contribution in [1.82, 2.24) is 0 Å². The molecule has 0 unspecified atom stereocenters. The second kappa shape index (κ2) is 3.29. The quantitative estimate of drug-likeness (QED) is 0.344. The minimum absolute atomic E-state index is 0.187. The Bertz CT molecular complexity index is 150. The molecule has 0 aromatic carbocycles. The van der Waals surface area contributed by atoms with Crippen molar-refractivity contribution < 1.29 is 19.5 Å². The highest BCUT2D eigenvalue weighted by Gasteiger charge is 1.96. The van der Waals surface area contributed by atoms with E-state index < -0.39 is 0 Å². The van der Waals surface area contributed by atoms with Crippen LogP contribution in [0.1, 0.15) is 0 Å². The van der Waals surface area contributed by atoms with Crippen LogP contribution in [-0.2, 0) is 9.84 Å². The van der Waals surface area contributed by atoms with Gasteiger partial charge < -0.3 is 4.42 Å². The van der Waals surface area contributed by atoms with Crippen molar-refractivity contribution in [2.24, 2.45) is 0 Å². The van der Waals surface area contributed by atoms with E-state index in [1.165, 1.54) is 12.5 Å². The summed E-state index contributed by atoms with van der Waals surface area (Å²) in [6, 6.07) is 1.71. The molecule has 0 amide bonds. The Labute approximate surface area is 52.1 Å². The number of hydrogen-bond donors (Lipinski definition) is 1. The van der Waals surface area contributed by atoms with Gasteiger partial charge in [-0.05, 0) is 11.5 Å². The first-order valence-electron chi connectivity index (χ1n) is 2.37. The molecule has 1 aromatic heterocycles. The van der Waals surface area contributed by atoms with Gasteiger partial charge in [0.1, 0.15) is 0 Å². The maximum Gasteiger partial charge on any atom is 0.363 e. The van der Waals surface area contributed by atoms with Gasteiger partial charge in [0, 0.05) is 0 Å². The maximum absolute atomic E-state index is 7.71. The highest BCUT2D eigenvalue weighted by Crippen LogP contribution is 1.81. The fourth-order valence-electron chi connectivity index (χ4n) is 0.469. The Morgan fingerprint density at radius 2 is 2.56 bits per heavy atom. The largest absolute Gasteiger partial charge is 0.473 e. The van der Waals surface area contributed by atoms with E-state index in [4.69, 9.17) is 9.67 Å². The summed E-state index contributed by atoms with van der Waals surface area (Å²) < 4.78 is 4.69. The Morgan fingerprint density at radius 3 is 3.11 bits per heavy atom. The maximum atomic E-state index is 7.71. The number of rotatable bonds is 3. The molecule has 1 rings (SSSR count). The molecule has 1 heterocycles. The van der Waals surface area contributed by atoms with E-state index in [9.17, 15) is 0 Å². The summed E-state index contributed by atoms with van der Waals surface area (Å²) in [7, 11) is 0.187. The van der Waals surface area contributed by atoms with Crippen molar-refractivity contribution in [2.75, 3.05) is 0 Å². The van der Waals surface area contributed by atoms with E-state index in [2.05, 4.69) is 9.84 Å². The Morgan fingerprint density at radius 1 is 1.67 bits per heavy atom. The number of furan rings is 1. The fourth-order valence-corrected chi connectivity index (χ4v) is 0.469. The third kappa shape index (κ3) is 1.89. The van der Waals surface area contributed by atoms with Gasteiger partial charge in [-0.3, -0.25) is 4.81 Å². The van der Waals surface area contributed by atoms with Crippen molar-refractivity contribution in [2.45, 2.75) is 0 Å². The van der Waals surface area contributed by atoms with Gasteiger partial charge in [-0.1, -0.05) is 5.04 Å². The van der Waals surface area contributed by atoms with Crippen LogP contribution >= 0.6 is 0 Å². The van der Waals surface area contributed by atoms with Crippen molar-refractivity contribution >= 4 is 12.9 Å². The molecule has 0 radical (unpaired) electrons. The SMILES string of the molecule is OOOBc1ccoc1. The van der Waals surface area contributed by atoms with Crippen LogP contribution in [0.5, 0.6) is 0 Å². The van der Waals surface area contributed by atoms with Gasteiger partial charge in [-0.15, -0.1) is 0 Å². The van der Waals surface area contributed by atoms with Crippen LogP contribution in [0.3, 0.4) is 0 Å². The highest BCUT2D eigenvalue weighted by atomic mass is 17.5. The summed E-state index contributed by atoms with van der Waals surface area (Å²) >= 11 is 0. The molecule has 0 spiro atoms. The van der Waals surface area contributed by atoms with Gasteiger partial charge in [-0.25, -0.2) is 5.26 Å². The lowest BCUT2D eigenvalue weighted by Crippen LogP contribution is -2.14. The minimum Gasteiger partial charge on any atom is -0.473 e. The van der Waals surface area contributed by atoms with E-state index in [0.717, 1.165) is 5.46 Å². The zero-order chi connectivity index (χ0) is 6.53. The van der Waals surface area contributed by atoms with Gasteiger partial charge >= 0.3 is 7.48 Å². The summed E-state index contributed by atoms with van der Waals surface area (Å²) in [5, 5.41) is 11.1. The van der Waals surface area contributed by atoms with E-state index in [1.54, 1.807) is 6.07 Å². The molecule has 0 atom stereocenters. The molecule has 0 aliphatic carbocycles. The van der Waals surface area contributed by atoms with Crippen molar-refractivity contribution in [1.29, 1.82) is 0 Å². The zero-order valence-corrected chi connectivity index (χ0v) is 4.61. The molecule has 0 aliphatic rings. The third-order valence-electron chi connectivity index (χ3n) is 0.858. The first-order valence-corrected chi connectivity index (χ1v) is 2.37. The summed E-state index contributed by atoms with van der Waals surface area (Å²) in [6.45, 7) is 0. The molecule has 0 saturated heterocycles. The van der Waals surface area contributed by atoms with E-state index in [-0.39, 0.29) is 7.48 Å². The van der Waals surface area contributed by atoms with Crippen LogP contribution in [0.15, 0.2) is 23.0 Å². The first-order chi connectivity index (χ1) is 4.43. The van der Waals surface area contributed by atoms with Gasteiger partial charge in [-0.2, -0.15) is 0 Å². The van der Waals surface area contributed by atoms with E-state index in [0.29, 0.717) is 0 Å². The average Bonchev–Trinajstić information content (AvgIpc) is 2.34. The molecular weight excluding hydrogens is 123 g/mol. The smallest absolute Gasteiger partial charge is 0.363 e. The molecule has 0 saturated carbocycles. The molecule has 4 nitrogen and oxygen atoms in total. The minimum atomic E-state index is 0.187. The molecular formula is C4H5BO4. The predicted molar refractivity (Wildman–Crippen MR) is 30.3 cm³/mol. The van der Waals surface area contributed by atoms with Gasteiger partial charge in [0.15, 0.2) is 0 Å². The van der Waals surface area contributed by atoms with Crippen molar-refractivity contribution in [3.05, 3.63) is 18.6 Å². The molecule has 0 aliphatic heterocycles. The molecule has 9 heavy (non-hydrogen) atoms. The lowest BCUT2D eigenvalue weighted by molar-refractivity contribution is -0.441. The topological polar surface area (TPSA) is 51.8 Å². The highest BCUT2D eigenvalue weighted by molar-refractivity contribution is 6.46. The summed E-state index contributed by atoms with van der Waals surface area (Å²) in [4.78, 5) is 4.17. The fraction of sp³-hybridized carbons (Fsp3) is 0. The van der Waals surface area contributed by atoms with Crippen LogP contribution in [0.4, 0.5) is 0 Å². The summed E-state index contributed by atoms with van der Waals surface area (Å²) in [6.07, 6.45) is 3.01. The molecule has 1 N–H and O–H groups in total. The lowest BCUT2D eigenvalue weighted by atomic mass is 9.92. The molecule has 5 heteroatoms. The summed E-state index contributed by atoms with van der Waals surface area (Å²) in [5.74, 6) is 0. The third-order valence-corrected chi connectivity index (χ3v) is 0.858. The Hall–Kier alpha value is -0.775. The monoisotopic (exact) mass is 128 g/mol. The zero-order valence-electron chi connectivity index (χ0n) is 4.61. The van der Waals surface area contributed by atoms with Crippen LogP contribution < -0.4 is 5.46 Å². The van der Waals surface area contributed by atoms with Crippen molar-refractivity contribution in [3.8, 4) is 0 Å². The molecule has 0 fully saturated rings. The second-order valence-electron chi connectivity index (χ2n) is 1.47. The van der Waals surface area contributed by atoms with Gasteiger partial charge in [0.05, 0.1) is 12.5 Å². The van der Waals surface area contributed by atoms with E-state index in [1.807, 2.05) is 0 Å².